The van der Waals surface area contributed by atoms with Crippen LogP contribution in [0.3, 0.4) is 0 Å². The van der Waals surface area contributed by atoms with Gasteiger partial charge < -0.3 is 9.84 Å². The molecule has 1 heterocycles. The second kappa shape index (κ2) is 13.0. The summed E-state index contributed by atoms with van der Waals surface area (Å²) >= 11 is 0. The second-order valence-corrected chi connectivity index (χ2v) is 6.12. The van der Waals surface area contributed by atoms with Gasteiger partial charge in [-0.25, -0.2) is 0 Å². The standard InChI is InChI=1S/C20H32O3/c1-2-3-12-15-18-19(23-18)16-13-10-8-6-4-5-7-9-11-14-17-20(21)22/h3,10,12-13H,2,4-9,11,14-17H2,1H3,(H,21,22)/b12-3+,13-10+. The van der Waals surface area contributed by atoms with Crippen LogP contribution >= 0.6 is 0 Å². The van der Waals surface area contributed by atoms with Crippen LogP contribution in [0.4, 0.5) is 0 Å². The minimum atomic E-state index is -0.673. The number of unbranched alkanes of at least 4 members (excludes halogenated alkanes) is 7. The third-order valence-corrected chi connectivity index (χ3v) is 3.95. The van der Waals surface area contributed by atoms with Gasteiger partial charge in [-0.3, -0.25) is 4.79 Å². The predicted octanol–water partition coefficient (Wildman–Crippen LogP) is 6.13. The molecule has 3 heteroatoms. The Morgan fingerprint density at radius 3 is 2.04 bits per heavy atom. The van der Waals surface area contributed by atoms with Crippen molar-refractivity contribution in [3.63, 3.8) is 0 Å². The fourth-order valence-corrected chi connectivity index (χ4v) is 2.52. The molecule has 1 rings (SSSR count). The van der Waals surface area contributed by atoms with Crippen molar-refractivity contribution in [1.82, 2.24) is 0 Å². The topological polar surface area (TPSA) is 49.8 Å². The third kappa shape index (κ3) is 11.7. The van der Waals surface area contributed by atoms with Crippen LogP contribution in [0.25, 0.3) is 0 Å². The van der Waals surface area contributed by atoms with Gasteiger partial charge in [0.25, 0.3) is 0 Å². The van der Waals surface area contributed by atoms with Crippen molar-refractivity contribution in [2.24, 2.45) is 0 Å². The molecule has 0 bridgehead atoms. The third-order valence-electron chi connectivity index (χ3n) is 3.95. The summed E-state index contributed by atoms with van der Waals surface area (Å²) in [5.41, 5.74) is 0. The van der Waals surface area contributed by atoms with Crippen molar-refractivity contribution >= 4 is 5.97 Å². The van der Waals surface area contributed by atoms with E-state index < -0.39 is 5.97 Å². The molecular formula is C20H32O3. The first-order chi connectivity index (χ1) is 11.2. The molecule has 0 aromatic rings. The molecule has 23 heavy (non-hydrogen) atoms. The molecule has 3 nitrogen and oxygen atoms in total. The summed E-state index contributed by atoms with van der Waals surface area (Å²) in [4.78, 5) is 10.4. The van der Waals surface area contributed by atoms with Crippen LogP contribution in [-0.2, 0) is 9.53 Å². The fourth-order valence-electron chi connectivity index (χ4n) is 2.52. The van der Waals surface area contributed by atoms with Crippen LogP contribution < -0.4 is 0 Å². The Hall–Kier alpha value is -1.51. The van der Waals surface area contributed by atoms with E-state index >= 15 is 0 Å². The Kier molecular flexibility index (Phi) is 11.0. The predicted molar refractivity (Wildman–Crippen MR) is 95.1 cm³/mol. The first-order valence-electron chi connectivity index (χ1n) is 9.15. The summed E-state index contributed by atoms with van der Waals surface area (Å²) in [7, 11) is 0. The number of aliphatic carboxylic acids is 1. The molecular weight excluding hydrogens is 288 g/mol. The fraction of sp³-hybridized carbons (Fsp3) is 0.650. The van der Waals surface area contributed by atoms with E-state index in [1.54, 1.807) is 0 Å². The van der Waals surface area contributed by atoms with E-state index in [1.807, 2.05) is 0 Å². The lowest BCUT2D eigenvalue weighted by molar-refractivity contribution is -0.137. The van der Waals surface area contributed by atoms with Gasteiger partial charge in [0.1, 0.15) is 11.5 Å². The maximum Gasteiger partial charge on any atom is 0.303 e. The summed E-state index contributed by atoms with van der Waals surface area (Å²) in [6.45, 7) is 2.14. The minimum Gasteiger partial charge on any atom is -0.481 e. The molecule has 0 unspecified atom stereocenters. The zero-order chi connectivity index (χ0) is 16.8. The molecule has 130 valence electrons. The van der Waals surface area contributed by atoms with Crippen LogP contribution in [0.5, 0.6) is 0 Å². The van der Waals surface area contributed by atoms with E-state index in [4.69, 9.17) is 9.84 Å². The molecule has 0 saturated carbocycles. The molecule has 0 aromatic heterocycles. The maximum absolute atomic E-state index is 10.4. The minimum absolute atomic E-state index is 0.321. The monoisotopic (exact) mass is 320 g/mol. The van der Waals surface area contributed by atoms with Crippen LogP contribution in [0.2, 0.25) is 0 Å². The molecule has 0 atom stereocenters. The van der Waals surface area contributed by atoms with Crippen LogP contribution in [0.1, 0.15) is 84.0 Å². The molecule has 1 aliphatic heterocycles. The summed E-state index contributed by atoms with van der Waals surface area (Å²) in [5.74, 6) is 1.64. The molecule has 0 aromatic carbocycles. The van der Waals surface area contributed by atoms with Gasteiger partial charge in [-0.15, -0.1) is 0 Å². The van der Waals surface area contributed by atoms with Gasteiger partial charge in [0.2, 0.25) is 0 Å². The average molecular weight is 320 g/mol. The lowest BCUT2D eigenvalue weighted by atomic mass is 10.1. The van der Waals surface area contributed by atoms with E-state index in [2.05, 4.69) is 31.2 Å². The molecule has 0 saturated heterocycles. The van der Waals surface area contributed by atoms with E-state index in [0.29, 0.717) is 6.42 Å². The molecule has 1 N–H and O–H groups in total. The first kappa shape index (κ1) is 19.5. The van der Waals surface area contributed by atoms with Gasteiger partial charge >= 0.3 is 5.97 Å². The summed E-state index contributed by atoms with van der Waals surface area (Å²) in [5, 5.41) is 8.54. The highest BCUT2D eigenvalue weighted by Gasteiger charge is 2.21. The lowest BCUT2D eigenvalue weighted by Crippen LogP contribution is -1.93. The molecule has 0 fully saturated rings. The molecule has 0 aliphatic carbocycles. The van der Waals surface area contributed by atoms with Crippen LogP contribution in [0, 0.1) is 0 Å². The number of carboxylic acid groups (broad SMARTS) is 1. The molecule has 1 aliphatic rings. The highest BCUT2D eigenvalue weighted by molar-refractivity contribution is 5.66. The van der Waals surface area contributed by atoms with Gasteiger partial charge in [-0.05, 0) is 25.7 Å². The van der Waals surface area contributed by atoms with Gasteiger partial charge in [0.15, 0.2) is 0 Å². The zero-order valence-corrected chi connectivity index (χ0v) is 14.6. The van der Waals surface area contributed by atoms with Gasteiger partial charge in [0, 0.05) is 19.3 Å². The Morgan fingerprint density at radius 1 is 0.870 bits per heavy atom. The summed E-state index contributed by atoms with van der Waals surface area (Å²) < 4.78 is 5.46. The number of carboxylic acids is 1. The smallest absolute Gasteiger partial charge is 0.303 e. The molecule has 0 spiro atoms. The number of ether oxygens (including phenoxy) is 1. The van der Waals surface area contributed by atoms with Gasteiger partial charge in [-0.1, -0.05) is 63.3 Å². The van der Waals surface area contributed by atoms with Crippen molar-refractivity contribution in [1.29, 1.82) is 0 Å². The first-order valence-corrected chi connectivity index (χ1v) is 9.15. The largest absolute Gasteiger partial charge is 0.481 e. The molecule has 0 radical (unpaired) electrons. The second-order valence-electron chi connectivity index (χ2n) is 6.12. The Labute approximate surface area is 141 Å². The summed E-state index contributed by atoms with van der Waals surface area (Å²) in [6.07, 6.45) is 21.4. The van der Waals surface area contributed by atoms with Crippen molar-refractivity contribution < 1.29 is 14.6 Å². The quantitative estimate of drug-likeness (QED) is 0.292. The van der Waals surface area contributed by atoms with E-state index in [9.17, 15) is 4.79 Å². The Bertz CT molecular complexity index is 419. The number of carbonyl (C=O) groups is 1. The van der Waals surface area contributed by atoms with E-state index in [-0.39, 0.29) is 0 Å². The lowest BCUT2D eigenvalue weighted by Gasteiger charge is -2.00. The average Bonchev–Trinajstić information content (AvgIpc) is 3.27. The van der Waals surface area contributed by atoms with E-state index in [1.165, 1.54) is 32.1 Å². The Balaban J connectivity index is 1.84. The van der Waals surface area contributed by atoms with Crippen LogP contribution in [0.15, 0.2) is 35.8 Å². The summed E-state index contributed by atoms with van der Waals surface area (Å²) in [6, 6.07) is 0. The van der Waals surface area contributed by atoms with Crippen LogP contribution in [-0.4, -0.2) is 11.1 Å². The Morgan fingerprint density at radius 2 is 1.43 bits per heavy atom. The highest BCUT2D eigenvalue weighted by Crippen LogP contribution is 2.32. The number of hydrogen-bond acceptors (Lipinski definition) is 2. The number of hydrogen-bond donors (Lipinski definition) is 1. The molecule has 0 amide bonds. The van der Waals surface area contributed by atoms with Gasteiger partial charge in [0.05, 0.1) is 0 Å². The zero-order valence-electron chi connectivity index (χ0n) is 14.6. The maximum atomic E-state index is 10.4. The van der Waals surface area contributed by atoms with Gasteiger partial charge in [-0.2, -0.15) is 0 Å². The van der Waals surface area contributed by atoms with Crippen molar-refractivity contribution in [3.05, 3.63) is 35.8 Å². The number of rotatable bonds is 15. The van der Waals surface area contributed by atoms with Crippen molar-refractivity contribution in [2.45, 2.75) is 84.0 Å². The highest BCUT2D eigenvalue weighted by atomic mass is 16.6. The van der Waals surface area contributed by atoms with Crippen molar-refractivity contribution in [3.8, 4) is 0 Å². The van der Waals surface area contributed by atoms with Crippen molar-refractivity contribution in [2.75, 3.05) is 0 Å². The number of allylic oxidation sites excluding steroid dienone is 4. The SMILES string of the molecule is CC/C=C/CC1=C(C/C=C/CCCCCCCCCC(=O)O)O1. The van der Waals surface area contributed by atoms with E-state index in [0.717, 1.165) is 50.0 Å². The normalized spacial score (nSPS) is 14.0.